The van der Waals surface area contributed by atoms with E-state index in [-0.39, 0.29) is 5.78 Å². The number of hydrogen-bond acceptors (Lipinski definition) is 3. The molecule has 0 N–H and O–H groups in total. The SMILES string of the molecule is O=C1c2ccccc2-c2ncnc3ccc(Cl)c1c23. The maximum atomic E-state index is 12.6. The highest BCUT2D eigenvalue weighted by molar-refractivity contribution is 6.39. The summed E-state index contributed by atoms with van der Waals surface area (Å²) in [6.45, 7) is 0. The van der Waals surface area contributed by atoms with Crippen LogP contribution < -0.4 is 0 Å². The van der Waals surface area contributed by atoms with Crippen LogP contribution in [-0.2, 0) is 0 Å². The Bertz CT molecular complexity index is 858. The number of fused-ring (bicyclic) bond motifs is 2. The number of benzene rings is 2. The molecule has 0 aliphatic heterocycles. The Morgan fingerprint density at radius 2 is 1.74 bits per heavy atom. The van der Waals surface area contributed by atoms with Crippen molar-refractivity contribution in [1.29, 1.82) is 0 Å². The third-order valence-corrected chi connectivity index (χ3v) is 3.72. The molecular formula is C15H7ClN2O. The molecule has 1 aliphatic carbocycles. The lowest BCUT2D eigenvalue weighted by Crippen LogP contribution is -2.11. The van der Waals surface area contributed by atoms with Crippen molar-refractivity contribution in [2.75, 3.05) is 0 Å². The van der Waals surface area contributed by atoms with Crippen molar-refractivity contribution in [2.45, 2.75) is 0 Å². The molecule has 1 heterocycles. The topological polar surface area (TPSA) is 42.9 Å². The van der Waals surface area contributed by atoms with Crippen LogP contribution in [0, 0.1) is 0 Å². The van der Waals surface area contributed by atoms with E-state index < -0.39 is 0 Å². The molecule has 19 heavy (non-hydrogen) atoms. The number of rotatable bonds is 0. The lowest BCUT2D eigenvalue weighted by molar-refractivity contribution is 0.104. The summed E-state index contributed by atoms with van der Waals surface area (Å²) in [6.07, 6.45) is 1.52. The predicted octanol–water partition coefficient (Wildman–Crippen LogP) is 3.49. The second-order valence-electron chi connectivity index (χ2n) is 4.41. The van der Waals surface area contributed by atoms with Crippen molar-refractivity contribution in [1.82, 2.24) is 9.97 Å². The molecule has 90 valence electrons. The quantitative estimate of drug-likeness (QED) is 0.489. The van der Waals surface area contributed by atoms with E-state index in [2.05, 4.69) is 9.97 Å². The highest BCUT2D eigenvalue weighted by Crippen LogP contribution is 2.39. The first-order valence-corrected chi connectivity index (χ1v) is 6.22. The van der Waals surface area contributed by atoms with E-state index in [0.29, 0.717) is 16.1 Å². The van der Waals surface area contributed by atoms with Crippen molar-refractivity contribution in [2.24, 2.45) is 0 Å². The van der Waals surface area contributed by atoms with E-state index in [9.17, 15) is 4.79 Å². The minimum atomic E-state index is -0.0616. The van der Waals surface area contributed by atoms with Gasteiger partial charge in [-0.2, -0.15) is 0 Å². The minimum absolute atomic E-state index is 0.0616. The summed E-state index contributed by atoms with van der Waals surface area (Å²) in [5.41, 5.74) is 3.51. The van der Waals surface area contributed by atoms with Crippen molar-refractivity contribution >= 4 is 28.3 Å². The fraction of sp³-hybridized carbons (Fsp3) is 0. The van der Waals surface area contributed by atoms with Crippen LogP contribution in [0.25, 0.3) is 22.2 Å². The van der Waals surface area contributed by atoms with E-state index >= 15 is 0 Å². The molecular weight excluding hydrogens is 260 g/mol. The molecule has 4 rings (SSSR count). The zero-order chi connectivity index (χ0) is 13.0. The molecule has 0 bridgehead atoms. The van der Waals surface area contributed by atoms with Gasteiger partial charge in [0, 0.05) is 16.5 Å². The Kier molecular flexibility index (Phi) is 2.03. The highest BCUT2D eigenvalue weighted by atomic mass is 35.5. The molecule has 0 amide bonds. The maximum absolute atomic E-state index is 12.6. The molecule has 0 spiro atoms. The number of halogens is 1. The Morgan fingerprint density at radius 1 is 0.947 bits per heavy atom. The molecule has 1 aliphatic rings. The molecule has 0 saturated carbocycles. The fourth-order valence-electron chi connectivity index (χ4n) is 2.58. The van der Waals surface area contributed by atoms with Gasteiger partial charge in [-0.05, 0) is 12.1 Å². The maximum Gasteiger partial charge on any atom is 0.195 e. The number of hydrogen-bond donors (Lipinski definition) is 0. The number of aromatic nitrogens is 2. The van der Waals surface area contributed by atoms with Crippen molar-refractivity contribution in [3.63, 3.8) is 0 Å². The van der Waals surface area contributed by atoms with Crippen LogP contribution >= 0.6 is 11.6 Å². The van der Waals surface area contributed by atoms with Gasteiger partial charge < -0.3 is 0 Å². The zero-order valence-corrected chi connectivity index (χ0v) is 10.5. The number of carbonyl (C=O) groups excluding carboxylic acids is 1. The molecule has 0 atom stereocenters. The average molecular weight is 267 g/mol. The summed E-state index contributed by atoms with van der Waals surface area (Å²) >= 11 is 6.19. The summed E-state index contributed by atoms with van der Waals surface area (Å²) in [6, 6.07) is 11.0. The van der Waals surface area contributed by atoms with Crippen LogP contribution in [-0.4, -0.2) is 15.8 Å². The van der Waals surface area contributed by atoms with Crippen LogP contribution in [0.3, 0.4) is 0 Å². The third-order valence-electron chi connectivity index (χ3n) is 3.41. The first kappa shape index (κ1) is 10.6. The Balaban J connectivity index is 2.30. The van der Waals surface area contributed by atoms with Gasteiger partial charge in [-0.1, -0.05) is 35.9 Å². The number of nitrogens with zero attached hydrogens (tertiary/aromatic N) is 2. The zero-order valence-electron chi connectivity index (χ0n) is 9.72. The molecule has 1 aromatic heterocycles. The summed E-state index contributed by atoms with van der Waals surface area (Å²) in [5, 5.41) is 1.20. The predicted molar refractivity (Wildman–Crippen MR) is 73.4 cm³/mol. The van der Waals surface area contributed by atoms with Gasteiger partial charge in [0.25, 0.3) is 0 Å². The summed E-state index contributed by atoms with van der Waals surface area (Å²) < 4.78 is 0. The summed E-state index contributed by atoms with van der Waals surface area (Å²) in [5.74, 6) is -0.0616. The number of carbonyl (C=O) groups is 1. The molecule has 3 aromatic rings. The van der Waals surface area contributed by atoms with Gasteiger partial charge in [-0.3, -0.25) is 4.79 Å². The standard InChI is InChI=1S/C15H7ClN2O/c16-10-5-6-11-13-12(10)15(19)9-4-2-1-3-8(9)14(13)18-7-17-11/h1-7H. The lowest BCUT2D eigenvalue weighted by atomic mass is 9.87. The summed E-state index contributed by atoms with van der Waals surface area (Å²) in [4.78, 5) is 21.1. The second kappa shape index (κ2) is 3.62. The van der Waals surface area contributed by atoms with Crippen LogP contribution in [0.5, 0.6) is 0 Å². The van der Waals surface area contributed by atoms with E-state index in [1.165, 1.54) is 6.33 Å². The van der Waals surface area contributed by atoms with Gasteiger partial charge in [0.05, 0.1) is 21.8 Å². The van der Waals surface area contributed by atoms with E-state index in [4.69, 9.17) is 11.6 Å². The van der Waals surface area contributed by atoms with E-state index in [1.807, 2.05) is 24.3 Å². The summed E-state index contributed by atoms with van der Waals surface area (Å²) in [7, 11) is 0. The second-order valence-corrected chi connectivity index (χ2v) is 4.82. The van der Waals surface area contributed by atoms with Crippen molar-refractivity contribution < 1.29 is 4.79 Å². The molecule has 4 heteroatoms. The first-order chi connectivity index (χ1) is 9.27. The molecule has 0 radical (unpaired) electrons. The smallest absolute Gasteiger partial charge is 0.195 e. The number of ketones is 1. The molecule has 3 nitrogen and oxygen atoms in total. The van der Waals surface area contributed by atoms with E-state index in [1.54, 1.807) is 12.1 Å². The van der Waals surface area contributed by atoms with Crippen LogP contribution in [0.4, 0.5) is 0 Å². The average Bonchev–Trinajstić information content (AvgIpc) is 2.45. The van der Waals surface area contributed by atoms with Gasteiger partial charge in [0.15, 0.2) is 5.78 Å². The van der Waals surface area contributed by atoms with Crippen molar-refractivity contribution in [3.8, 4) is 11.3 Å². The van der Waals surface area contributed by atoms with Gasteiger partial charge in [0.1, 0.15) is 6.33 Å². The van der Waals surface area contributed by atoms with Crippen LogP contribution in [0.1, 0.15) is 15.9 Å². The van der Waals surface area contributed by atoms with Gasteiger partial charge in [-0.25, -0.2) is 9.97 Å². The lowest BCUT2D eigenvalue weighted by Gasteiger charge is -2.18. The molecule has 0 saturated heterocycles. The van der Waals surface area contributed by atoms with Crippen LogP contribution in [0.15, 0.2) is 42.7 Å². The van der Waals surface area contributed by atoms with Crippen LogP contribution in [0.2, 0.25) is 5.02 Å². The van der Waals surface area contributed by atoms with E-state index in [0.717, 1.165) is 22.2 Å². The Morgan fingerprint density at radius 3 is 2.58 bits per heavy atom. The highest BCUT2D eigenvalue weighted by Gasteiger charge is 2.28. The monoisotopic (exact) mass is 266 g/mol. The minimum Gasteiger partial charge on any atom is -0.289 e. The Labute approximate surface area is 113 Å². The molecule has 0 unspecified atom stereocenters. The fourth-order valence-corrected chi connectivity index (χ4v) is 2.82. The first-order valence-electron chi connectivity index (χ1n) is 5.84. The van der Waals surface area contributed by atoms with Crippen molar-refractivity contribution in [3.05, 3.63) is 58.9 Å². The molecule has 2 aromatic carbocycles. The van der Waals surface area contributed by atoms with Gasteiger partial charge >= 0.3 is 0 Å². The Hall–Kier alpha value is -2.26. The normalized spacial score (nSPS) is 12.6. The van der Waals surface area contributed by atoms with Gasteiger partial charge in [0.2, 0.25) is 0 Å². The largest absolute Gasteiger partial charge is 0.289 e. The third kappa shape index (κ3) is 1.30. The molecule has 0 fully saturated rings. The van der Waals surface area contributed by atoms with Gasteiger partial charge in [-0.15, -0.1) is 0 Å².